The summed E-state index contributed by atoms with van der Waals surface area (Å²) in [7, 11) is 0. The molecule has 1 aromatic carbocycles. The second kappa shape index (κ2) is 9.24. The summed E-state index contributed by atoms with van der Waals surface area (Å²) in [5.74, 6) is 2.47. The predicted molar refractivity (Wildman–Crippen MR) is 124 cm³/mol. The van der Waals surface area contributed by atoms with E-state index in [0.717, 1.165) is 56.1 Å². The summed E-state index contributed by atoms with van der Waals surface area (Å²) in [6.07, 6.45) is 6.28. The number of aromatic nitrogens is 4. The number of hydrogen-bond acceptors (Lipinski definition) is 6. The van der Waals surface area contributed by atoms with Crippen LogP contribution >= 0.6 is 0 Å². The smallest absolute Gasteiger partial charge is 0.254 e. The van der Waals surface area contributed by atoms with Crippen molar-refractivity contribution in [2.24, 2.45) is 5.92 Å². The van der Waals surface area contributed by atoms with E-state index in [1.165, 1.54) is 12.8 Å². The maximum absolute atomic E-state index is 12.6. The molecule has 3 aromatic rings. The average Bonchev–Trinajstić information content (AvgIpc) is 3.28. The van der Waals surface area contributed by atoms with Gasteiger partial charge in [-0.2, -0.15) is 14.6 Å². The van der Waals surface area contributed by atoms with Crippen molar-refractivity contribution in [3.05, 3.63) is 42.7 Å². The number of nitrogens with zero attached hydrogens (tertiary/aromatic N) is 6. The fourth-order valence-corrected chi connectivity index (χ4v) is 4.96. The molecular weight excluding hydrogens is 402 g/mol. The van der Waals surface area contributed by atoms with Crippen LogP contribution in [0.25, 0.3) is 17.0 Å². The van der Waals surface area contributed by atoms with Crippen LogP contribution in [-0.4, -0.2) is 69.2 Å². The topological polar surface area (TPSA) is 78.7 Å². The zero-order valence-electron chi connectivity index (χ0n) is 18.7. The molecule has 1 saturated carbocycles. The van der Waals surface area contributed by atoms with Crippen LogP contribution < -0.4 is 10.2 Å². The molecule has 1 amide bonds. The lowest BCUT2D eigenvalue weighted by molar-refractivity contribution is -0.123. The Morgan fingerprint density at radius 2 is 1.94 bits per heavy atom. The largest absolute Gasteiger partial charge is 0.354 e. The van der Waals surface area contributed by atoms with Gasteiger partial charge in [0.15, 0.2) is 0 Å². The van der Waals surface area contributed by atoms with Crippen LogP contribution in [0.1, 0.15) is 32.6 Å². The number of carbonyl (C=O) groups is 1. The Balaban J connectivity index is 1.23. The summed E-state index contributed by atoms with van der Waals surface area (Å²) < 4.78 is 1.80. The molecule has 3 heterocycles. The van der Waals surface area contributed by atoms with Crippen molar-refractivity contribution in [3.8, 4) is 11.3 Å². The monoisotopic (exact) mass is 433 g/mol. The quantitative estimate of drug-likeness (QED) is 0.666. The van der Waals surface area contributed by atoms with Gasteiger partial charge < -0.3 is 10.2 Å². The highest BCUT2D eigenvalue weighted by molar-refractivity contribution is 5.78. The first-order valence-electron chi connectivity index (χ1n) is 11.7. The van der Waals surface area contributed by atoms with Crippen molar-refractivity contribution in [1.82, 2.24) is 29.8 Å². The van der Waals surface area contributed by atoms with Gasteiger partial charge in [-0.05, 0) is 18.8 Å². The highest BCUT2D eigenvalue weighted by Gasteiger charge is 2.24. The number of carbonyl (C=O) groups excluding carboxylic acids is 1. The number of nitrogens with one attached hydrogen (secondary N) is 1. The molecule has 2 atom stereocenters. The molecular formula is C24H31N7O. The first-order chi connectivity index (χ1) is 15.7. The number of amides is 1. The molecule has 1 aliphatic carbocycles. The van der Waals surface area contributed by atoms with E-state index in [1.54, 1.807) is 10.8 Å². The lowest BCUT2D eigenvalue weighted by atomic mass is 9.87. The van der Waals surface area contributed by atoms with Gasteiger partial charge in [0, 0.05) is 43.9 Å². The highest BCUT2D eigenvalue weighted by atomic mass is 16.2. The molecule has 5 rings (SSSR count). The summed E-state index contributed by atoms with van der Waals surface area (Å²) in [6.45, 7) is 6.11. The standard InChI is InChI=1S/C24H31N7O/c1-18-6-5-9-20(14-18)27-22(32)16-29-10-12-30(13-11-29)23-15-21(19-7-3-2-4-8-19)28-24-25-17-26-31(23)24/h2-4,7-8,15,17-18,20H,5-6,9-14,16H2,1H3,(H,27,32). The number of fused-ring (bicyclic) bond motifs is 1. The first kappa shape index (κ1) is 20.9. The summed E-state index contributed by atoms with van der Waals surface area (Å²) in [6, 6.07) is 12.6. The molecule has 0 spiro atoms. The van der Waals surface area contributed by atoms with Gasteiger partial charge in [-0.15, -0.1) is 0 Å². The Kier molecular flexibility index (Phi) is 6.03. The molecule has 0 bridgehead atoms. The van der Waals surface area contributed by atoms with E-state index in [4.69, 9.17) is 0 Å². The SMILES string of the molecule is CC1CCCC(NC(=O)CN2CCN(c3cc(-c4ccccc4)nc4ncnn34)CC2)C1. The maximum Gasteiger partial charge on any atom is 0.254 e. The lowest BCUT2D eigenvalue weighted by Gasteiger charge is -2.36. The lowest BCUT2D eigenvalue weighted by Crippen LogP contribution is -2.51. The molecule has 0 radical (unpaired) electrons. The minimum absolute atomic E-state index is 0.159. The summed E-state index contributed by atoms with van der Waals surface area (Å²) in [5.41, 5.74) is 1.95. The van der Waals surface area contributed by atoms with Gasteiger partial charge in [0.05, 0.1) is 12.2 Å². The van der Waals surface area contributed by atoms with Crippen molar-refractivity contribution in [1.29, 1.82) is 0 Å². The van der Waals surface area contributed by atoms with Crippen LogP contribution in [-0.2, 0) is 4.79 Å². The van der Waals surface area contributed by atoms with E-state index >= 15 is 0 Å². The van der Waals surface area contributed by atoms with E-state index in [2.05, 4.69) is 55.3 Å². The predicted octanol–water partition coefficient (Wildman–Crippen LogP) is 2.61. The minimum atomic E-state index is 0.159. The second-order valence-corrected chi connectivity index (χ2v) is 9.14. The second-order valence-electron chi connectivity index (χ2n) is 9.14. The third kappa shape index (κ3) is 4.60. The van der Waals surface area contributed by atoms with Crippen molar-refractivity contribution in [2.75, 3.05) is 37.6 Å². The zero-order chi connectivity index (χ0) is 21.9. The third-order valence-corrected chi connectivity index (χ3v) is 6.67. The molecule has 1 N–H and O–H groups in total. The Morgan fingerprint density at radius 1 is 1.12 bits per heavy atom. The zero-order valence-corrected chi connectivity index (χ0v) is 18.7. The van der Waals surface area contributed by atoms with Crippen LogP contribution in [0.3, 0.4) is 0 Å². The van der Waals surface area contributed by atoms with Crippen LogP contribution in [0.4, 0.5) is 5.82 Å². The van der Waals surface area contributed by atoms with E-state index in [9.17, 15) is 4.79 Å². The van der Waals surface area contributed by atoms with Crippen molar-refractivity contribution in [3.63, 3.8) is 0 Å². The molecule has 1 saturated heterocycles. The fourth-order valence-electron chi connectivity index (χ4n) is 4.96. The van der Waals surface area contributed by atoms with Gasteiger partial charge in [0.2, 0.25) is 5.91 Å². The fraction of sp³-hybridized carbons (Fsp3) is 0.500. The average molecular weight is 434 g/mol. The number of rotatable bonds is 5. The Morgan fingerprint density at radius 3 is 2.72 bits per heavy atom. The van der Waals surface area contributed by atoms with Crippen LogP contribution in [0.15, 0.2) is 42.7 Å². The number of anilines is 1. The molecule has 168 valence electrons. The number of piperazine rings is 1. The normalized spacial score (nSPS) is 22.2. The van der Waals surface area contributed by atoms with Crippen LogP contribution in [0, 0.1) is 5.92 Å². The molecule has 2 aliphatic rings. The Hall–Kier alpha value is -3.00. The molecule has 2 aromatic heterocycles. The van der Waals surface area contributed by atoms with E-state index in [1.807, 2.05) is 18.2 Å². The Bertz CT molecular complexity index is 1060. The first-order valence-corrected chi connectivity index (χ1v) is 11.7. The van der Waals surface area contributed by atoms with Crippen molar-refractivity contribution in [2.45, 2.75) is 38.6 Å². The van der Waals surface area contributed by atoms with Crippen molar-refractivity contribution < 1.29 is 4.79 Å². The number of benzene rings is 1. The number of hydrogen-bond donors (Lipinski definition) is 1. The Labute approximate surface area is 188 Å². The summed E-state index contributed by atoms with van der Waals surface area (Å²) in [4.78, 5) is 26.1. The molecule has 2 unspecified atom stereocenters. The van der Waals surface area contributed by atoms with Gasteiger partial charge in [-0.25, -0.2) is 4.98 Å². The van der Waals surface area contributed by atoms with Gasteiger partial charge in [0.1, 0.15) is 12.1 Å². The molecule has 32 heavy (non-hydrogen) atoms. The third-order valence-electron chi connectivity index (χ3n) is 6.67. The van der Waals surface area contributed by atoms with Crippen LogP contribution in [0.2, 0.25) is 0 Å². The van der Waals surface area contributed by atoms with E-state index < -0.39 is 0 Å². The molecule has 1 aliphatic heterocycles. The maximum atomic E-state index is 12.6. The van der Waals surface area contributed by atoms with E-state index in [0.29, 0.717) is 24.3 Å². The molecule has 8 nitrogen and oxygen atoms in total. The van der Waals surface area contributed by atoms with Crippen molar-refractivity contribution >= 4 is 17.5 Å². The van der Waals surface area contributed by atoms with Gasteiger partial charge in [-0.3, -0.25) is 9.69 Å². The molecule has 8 heteroatoms. The molecule has 2 fully saturated rings. The minimum Gasteiger partial charge on any atom is -0.354 e. The van der Waals surface area contributed by atoms with E-state index in [-0.39, 0.29) is 5.91 Å². The summed E-state index contributed by atoms with van der Waals surface area (Å²) in [5, 5.41) is 7.65. The van der Waals surface area contributed by atoms with Crippen LogP contribution in [0.5, 0.6) is 0 Å². The van der Waals surface area contributed by atoms with Gasteiger partial charge >= 0.3 is 0 Å². The highest BCUT2D eigenvalue weighted by Crippen LogP contribution is 2.25. The van der Waals surface area contributed by atoms with Gasteiger partial charge in [0.25, 0.3) is 5.78 Å². The summed E-state index contributed by atoms with van der Waals surface area (Å²) >= 11 is 0. The van der Waals surface area contributed by atoms with Gasteiger partial charge in [-0.1, -0.05) is 50.1 Å².